The van der Waals surface area contributed by atoms with Gasteiger partial charge in [-0.05, 0) is 60.0 Å². The number of hydrogen-bond acceptors (Lipinski definition) is 6. The summed E-state index contributed by atoms with van der Waals surface area (Å²) in [4.78, 5) is 9.41. The molecule has 3 aromatic rings. The molecule has 0 radical (unpaired) electrons. The Balaban J connectivity index is 1.27. The molecule has 41 heavy (non-hydrogen) atoms. The van der Waals surface area contributed by atoms with Crippen LogP contribution in [0.3, 0.4) is 0 Å². The van der Waals surface area contributed by atoms with Crippen molar-refractivity contribution >= 4 is 45.8 Å². The van der Waals surface area contributed by atoms with E-state index in [0.717, 1.165) is 54.8 Å². The lowest BCUT2D eigenvalue weighted by atomic mass is 9.68. The van der Waals surface area contributed by atoms with E-state index in [1.54, 1.807) is 18.2 Å². The average Bonchev–Trinajstić information content (AvgIpc) is 3.39. The monoisotopic (exact) mass is 617 g/mol. The zero-order chi connectivity index (χ0) is 28.6. The molecule has 3 aliphatic rings. The van der Waals surface area contributed by atoms with Gasteiger partial charge in [-0.25, -0.2) is 8.78 Å². The maximum Gasteiger partial charge on any atom is 0.164 e. The van der Waals surface area contributed by atoms with Crippen molar-refractivity contribution in [3.63, 3.8) is 0 Å². The summed E-state index contributed by atoms with van der Waals surface area (Å²) in [5.41, 5.74) is 2.89. The number of benzene rings is 3. The Morgan fingerprint density at radius 2 is 1.90 bits per heavy atom. The van der Waals surface area contributed by atoms with Gasteiger partial charge in [0.1, 0.15) is 24.0 Å². The number of thioether (sulfide) groups is 1. The number of anilines is 1. The third-order valence-corrected chi connectivity index (χ3v) is 9.96. The van der Waals surface area contributed by atoms with Gasteiger partial charge in [0, 0.05) is 47.1 Å². The van der Waals surface area contributed by atoms with Crippen molar-refractivity contribution in [1.82, 2.24) is 4.90 Å². The molecule has 0 spiro atoms. The molecular formula is C31H31Cl2F2N3O2S. The number of morpholine rings is 1. The average molecular weight is 619 g/mol. The molecule has 2 atom stereocenters. The lowest BCUT2D eigenvalue weighted by molar-refractivity contribution is 0.0322. The number of nitrogens with zero attached hydrogens (tertiary/aromatic N) is 3. The summed E-state index contributed by atoms with van der Waals surface area (Å²) in [5, 5.41) is 1.71. The first-order chi connectivity index (χ1) is 19.8. The predicted octanol–water partition coefficient (Wildman–Crippen LogP) is 6.97. The Morgan fingerprint density at radius 3 is 2.71 bits per heavy atom. The van der Waals surface area contributed by atoms with Crippen LogP contribution in [-0.2, 0) is 22.3 Å². The number of hydrogen-bond donors (Lipinski definition) is 0. The molecule has 0 aromatic heterocycles. The van der Waals surface area contributed by atoms with E-state index in [9.17, 15) is 8.78 Å². The van der Waals surface area contributed by atoms with Crippen molar-refractivity contribution in [2.45, 2.75) is 30.6 Å². The normalized spacial score (nSPS) is 22.3. The summed E-state index contributed by atoms with van der Waals surface area (Å²) in [6.45, 7) is 7.33. The molecule has 0 N–H and O–H groups in total. The summed E-state index contributed by atoms with van der Waals surface area (Å²) in [7, 11) is 0. The van der Waals surface area contributed by atoms with E-state index < -0.39 is 5.41 Å². The van der Waals surface area contributed by atoms with Gasteiger partial charge in [-0.1, -0.05) is 54.0 Å². The maximum absolute atomic E-state index is 14.5. The number of rotatable bonds is 7. The van der Waals surface area contributed by atoms with Crippen molar-refractivity contribution < 1.29 is 18.3 Å². The molecule has 3 heterocycles. The number of fused-ring (bicyclic) bond motifs is 3. The molecule has 1 fully saturated rings. The molecule has 216 valence electrons. The first-order valence-electron chi connectivity index (χ1n) is 13.7. The van der Waals surface area contributed by atoms with Crippen LogP contribution >= 0.6 is 35.0 Å². The zero-order valence-corrected chi connectivity index (χ0v) is 25.0. The molecule has 5 nitrogen and oxygen atoms in total. The van der Waals surface area contributed by atoms with Crippen LogP contribution in [0.4, 0.5) is 14.5 Å². The molecule has 6 rings (SSSR count). The number of ether oxygens (including phenoxy) is 2. The minimum atomic E-state index is -0.421. The highest BCUT2D eigenvalue weighted by Crippen LogP contribution is 2.48. The third kappa shape index (κ3) is 5.82. The fraction of sp³-hybridized carbons (Fsp3) is 0.387. The van der Waals surface area contributed by atoms with E-state index in [0.29, 0.717) is 46.7 Å². The summed E-state index contributed by atoms with van der Waals surface area (Å²) in [6, 6.07) is 15.5. The zero-order valence-electron chi connectivity index (χ0n) is 22.7. The summed E-state index contributed by atoms with van der Waals surface area (Å²) in [6.07, 6.45) is 0.628. The van der Waals surface area contributed by atoms with Gasteiger partial charge in [0.25, 0.3) is 0 Å². The van der Waals surface area contributed by atoms with Crippen LogP contribution < -0.4 is 9.64 Å². The van der Waals surface area contributed by atoms with Gasteiger partial charge >= 0.3 is 0 Å². The highest BCUT2D eigenvalue weighted by Gasteiger charge is 2.48. The van der Waals surface area contributed by atoms with E-state index in [-0.39, 0.29) is 17.7 Å². The fourth-order valence-electron chi connectivity index (χ4n) is 5.95. The first-order valence-corrected chi connectivity index (χ1v) is 15.5. The van der Waals surface area contributed by atoms with Crippen molar-refractivity contribution in [1.29, 1.82) is 0 Å². The molecule has 0 amide bonds. The maximum atomic E-state index is 14.5. The van der Waals surface area contributed by atoms with E-state index in [4.69, 9.17) is 37.7 Å². The molecule has 3 aromatic carbocycles. The van der Waals surface area contributed by atoms with Gasteiger partial charge in [-0.15, -0.1) is 0 Å². The second-order valence-corrected chi connectivity index (χ2v) is 12.6. The fourth-order valence-corrected chi connectivity index (χ4v) is 7.53. The van der Waals surface area contributed by atoms with Gasteiger partial charge in [0.2, 0.25) is 0 Å². The molecule has 2 unspecified atom stereocenters. The highest BCUT2D eigenvalue weighted by atomic mass is 35.5. The van der Waals surface area contributed by atoms with Gasteiger partial charge in [0.05, 0.1) is 30.8 Å². The smallest absolute Gasteiger partial charge is 0.164 e. The summed E-state index contributed by atoms with van der Waals surface area (Å²) in [5.74, 6) is 0.353. The standard InChI is InChI=1S/C31H31Cl2F2N3O2S/c1-31(21-5-7-25(33)28(16-21)40-14-11-37-9-12-39-13-10-37)17-20-15-22(34)6-8-27(20)38-29(31)18-36-30(38)41-19-23-24(32)3-2-4-26(23)35/h2-8,15-16,29H,9-14,17-19H2,1H3. The Kier molecular flexibility index (Phi) is 8.48. The third-order valence-electron chi connectivity index (χ3n) is 8.28. The summed E-state index contributed by atoms with van der Waals surface area (Å²) < 4.78 is 40.6. The molecule has 0 aliphatic carbocycles. The Hall–Kier alpha value is -2.36. The van der Waals surface area contributed by atoms with Crippen LogP contribution in [-0.4, -0.2) is 62.1 Å². The van der Waals surface area contributed by atoms with E-state index in [2.05, 4.69) is 16.7 Å². The number of halogens is 4. The molecule has 1 saturated heterocycles. The Morgan fingerprint density at radius 1 is 1.07 bits per heavy atom. The Bertz CT molecular complexity index is 1450. The van der Waals surface area contributed by atoms with E-state index in [1.807, 2.05) is 24.3 Å². The second-order valence-electron chi connectivity index (χ2n) is 10.8. The van der Waals surface area contributed by atoms with Crippen molar-refractivity contribution in [3.05, 3.63) is 93.0 Å². The van der Waals surface area contributed by atoms with Crippen molar-refractivity contribution in [3.8, 4) is 5.75 Å². The topological polar surface area (TPSA) is 37.3 Å². The lowest BCUT2D eigenvalue weighted by Gasteiger charge is -2.47. The van der Waals surface area contributed by atoms with Crippen LogP contribution in [0.1, 0.15) is 23.6 Å². The molecule has 10 heteroatoms. The minimum Gasteiger partial charge on any atom is -0.491 e. The van der Waals surface area contributed by atoms with Crippen LogP contribution in [0.2, 0.25) is 10.0 Å². The van der Waals surface area contributed by atoms with Gasteiger partial charge in [0.15, 0.2) is 5.17 Å². The largest absolute Gasteiger partial charge is 0.491 e. The lowest BCUT2D eigenvalue weighted by Crippen LogP contribution is -2.54. The quantitative estimate of drug-likeness (QED) is 0.286. The molecule has 0 bridgehead atoms. The minimum absolute atomic E-state index is 0.0265. The van der Waals surface area contributed by atoms with Gasteiger partial charge in [-0.3, -0.25) is 9.89 Å². The van der Waals surface area contributed by atoms with Crippen LogP contribution in [0.25, 0.3) is 0 Å². The number of aliphatic imine (C=N–C) groups is 1. The van der Waals surface area contributed by atoms with Crippen molar-refractivity contribution in [2.24, 2.45) is 4.99 Å². The van der Waals surface area contributed by atoms with Crippen LogP contribution in [0, 0.1) is 11.6 Å². The molecule has 3 aliphatic heterocycles. The van der Waals surface area contributed by atoms with Gasteiger partial charge in [-0.2, -0.15) is 0 Å². The van der Waals surface area contributed by atoms with Crippen molar-refractivity contribution in [2.75, 3.05) is 50.9 Å². The van der Waals surface area contributed by atoms with E-state index in [1.165, 1.54) is 23.9 Å². The first kappa shape index (κ1) is 28.7. The van der Waals surface area contributed by atoms with Crippen LogP contribution in [0.15, 0.2) is 59.6 Å². The Labute approximate surface area is 253 Å². The van der Waals surface area contributed by atoms with Gasteiger partial charge < -0.3 is 14.4 Å². The molecule has 0 saturated carbocycles. The van der Waals surface area contributed by atoms with Crippen LogP contribution in [0.5, 0.6) is 5.75 Å². The summed E-state index contributed by atoms with van der Waals surface area (Å²) >= 11 is 14.3. The highest BCUT2D eigenvalue weighted by molar-refractivity contribution is 8.13. The van der Waals surface area contributed by atoms with E-state index >= 15 is 0 Å². The SMILES string of the molecule is CC1(c2ccc(Cl)c(OCCN3CCOCC3)c2)Cc2cc(F)ccc2N2C(SCc3c(F)cccc3Cl)=NCC21. The predicted molar refractivity (Wildman–Crippen MR) is 163 cm³/mol. The number of amidine groups is 1. The second kappa shape index (κ2) is 12.1. The molecular weight excluding hydrogens is 587 g/mol.